The van der Waals surface area contributed by atoms with E-state index in [9.17, 15) is 27.2 Å². The number of hydrogen-bond acceptors (Lipinski definition) is 8. The minimum absolute atomic E-state index is 0.00833. The molecule has 0 saturated carbocycles. The number of carbonyl (C=O) groups is 1. The predicted molar refractivity (Wildman–Crippen MR) is 151 cm³/mol. The Morgan fingerprint density at radius 2 is 1.86 bits per heavy atom. The maximum atomic E-state index is 15.1. The summed E-state index contributed by atoms with van der Waals surface area (Å²) >= 11 is 0. The van der Waals surface area contributed by atoms with Gasteiger partial charge in [0.05, 0.1) is 23.3 Å². The zero-order valence-corrected chi connectivity index (χ0v) is 23.0. The van der Waals surface area contributed by atoms with E-state index in [2.05, 4.69) is 15.4 Å². The maximum absolute atomic E-state index is 15.1. The second kappa shape index (κ2) is 12.1. The molecule has 0 saturated heterocycles. The van der Waals surface area contributed by atoms with Crippen LogP contribution in [0.1, 0.15) is 17.3 Å². The van der Waals surface area contributed by atoms with Gasteiger partial charge in [-0.05, 0) is 49.4 Å². The van der Waals surface area contributed by atoms with Gasteiger partial charge in [0.15, 0.2) is 17.3 Å². The van der Waals surface area contributed by atoms with Gasteiger partial charge >= 0.3 is 5.69 Å². The smallest absolute Gasteiger partial charge is 0.335 e. The summed E-state index contributed by atoms with van der Waals surface area (Å²) in [4.78, 5) is 39.0. The van der Waals surface area contributed by atoms with Crippen molar-refractivity contribution in [2.45, 2.75) is 13.5 Å². The van der Waals surface area contributed by atoms with Crippen LogP contribution in [0.3, 0.4) is 0 Å². The summed E-state index contributed by atoms with van der Waals surface area (Å²) in [7, 11) is -3.62. The summed E-state index contributed by atoms with van der Waals surface area (Å²) in [5.74, 6) is -2.73. The third-order valence-electron chi connectivity index (χ3n) is 5.72. The molecule has 4 N–H and O–H groups in total. The molecule has 218 valence electrons. The fourth-order valence-corrected chi connectivity index (χ4v) is 4.38. The number of benzene rings is 2. The van der Waals surface area contributed by atoms with Gasteiger partial charge in [0.25, 0.3) is 11.5 Å². The molecule has 3 aromatic rings. The van der Waals surface area contributed by atoms with E-state index >= 15 is 4.39 Å². The number of halogens is 2. The third kappa shape index (κ3) is 6.69. The van der Waals surface area contributed by atoms with Crippen molar-refractivity contribution >= 4 is 27.8 Å². The lowest BCUT2D eigenvalue weighted by atomic mass is 10.2. The molecule has 1 aliphatic heterocycles. The first-order valence-corrected chi connectivity index (χ1v) is 14.1. The van der Waals surface area contributed by atoms with Gasteiger partial charge in [-0.15, -0.1) is 0 Å². The van der Waals surface area contributed by atoms with Crippen molar-refractivity contribution in [1.29, 1.82) is 5.41 Å². The molecule has 0 radical (unpaired) electrons. The van der Waals surface area contributed by atoms with Crippen molar-refractivity contribution in [2.24, 2.45) is 0 Å². The molecule has 0 atom stereocenters. The first-order chi connectivity index (χ1) is 19.9. The average molecular weight is 599 g/mol. The summed E-state index contributed by atoms with van der Waals surface area (Å²) in [6.07, 6.45) is 6.90. The molecule has 1 aliphatic rings. The standard InChI is InChI=1S/C27H24F2N6O6S/c1-3-34-15-20(26(37)35(27(34)38)19-7-4-16(28)5-8-19)25(36)32-17-6-9-23(21(29)12-17)41-24-13-18(33-42(2,39)40)14-31-22(24)10-11-30/h4-15,30-31,33H,3H2,1-2H3,(H,32,36)/b22-10-,30-11?. The van der Waals surface area contributed by atoms with Crippen LogP contribution in [0.2, 0.25) is 0 Å². The minimum Gasteiger partial charge on any atom is -0.452 e. The van der Waals surface area contributed by atoms with E-state index in [1.165, 1.54) is 42.6 Å². The summed E-state index contributed by atoms with van der Waals surface area (Å²) in [6, 6.07) is 8.02. The number of dihydropyridines is 1. The van der Waals surface area contributed by atoms with Gasteiger partial charge in [-0.1, -0.05) is 0 Å². The largest absolute Gasteiger partial charge is 0.452 e. The van der Waals surface area contributed by atoms with Gasteiger partial charge in [-0.2, -0.15) is 0 Å². The second-order valence-corrected chi connectivity index (χ2v) is 10.6. The molecule has 42 heavy (non-hydrogen) atoms. The molecule has 0 fully saturated rings. The number of aryl methyl sites for hydroxylation is 1. The molecule has 0 aliphatic carbocycles. The first-order valence-electron chi connectivity index (χ1n) is 12.2. The monoisotopic (exact) mass is 598 g/mol. The number of aromatic nitrogens is 2. The van der Waals surface area contributed by atoms with Gasteiger partial charge in [0, 0.05) is 43.0 Å². The van der Waals surface area contributed by atoms with Gasteiger partial charge in [-0.25, -0.2) is 26.6 Å². The minimum atomic E-state index is -3.62. The molecule has 1 amide bonds. The number of allylic oxidation sites excluding steroid dienone is 2. The Balaban J connectivity index is 1.62. The highest BCUT2D eigenvalue weighted by atomic mass is 32.2. The van der Waals surface area contributed by atoms with Crippen LogP contribution in [0.5, 0.6) is 5.75 Å². The van der Waals surface area contributed by atoms with E-state index in [4.69, 9.17) is 10.1 Å². The molecule has 2 aromatic carbocycles. The number of hydrogen-bond donors (Lipinski definition) is 4. The Labute approximate surface area is 237 Å². The molecule has 4 rings (SSSR count). The van der Waals surface area contributed by atoms with E-state index in [1.54, 1.807) is 6.92 Å². The van der Waals surface area contributed by atoms with Crippen molar-refractivity contribution in [1.82, 2.24) is 19.2 Å². The summed E-state index contributed by atoms with van der Waals surface area (Å²) in [5.41, 5.74) is -1.75. The lowest BCUT2D eigenvalue weighted by Gasteiger charge is -2.20. The fraction of sp³-hybridized carbons (Fsp3) is 0.111. The van der Waals surface area contributed by atoms with Crippen LogP contribution in [0.25, 0.3) is 5.69 Å². The normalized spacial score (nSPS) is 14.0. The van der Waals surface area contributed by atoms with Crippen molar-refractivity contribution in [2.75, 3.05) is 11.6 Å². The average Bonchev–Trinajstić information content (AvgIpc) is 2.92. The number of anilines is 1. The van der Waals surface area contributed by atoms with Crippen LogP contribution < -0.4 is 31.3 Å². The molecule has 0 bridgehead atoms. The number of amides is 1. The Hall–Kier alpha value is -5.31. The Bertz CT molecular complexity index is 1890. The molecule has 15 heteroatoms. The van der Waals surface area contributed by atoms with Crippen molar-refractivity contribution in [3.05, 3.63) is 122 Å². The highest BCUT2D eigenvalue weighted by Crippen LogP contribution is 2.26. The van der Waals surface area contributed by atoms with Crippen LogP contribution in [0, 0.1) is 17.0 Å². The molecule has 0 spiro atoms. The zero-order valence-electron chi connectivity index (χ0n) is 22.1. The lowest BCUT2D eigenvalue weighted by Crippen LogP contribution is -2.42. The van der Waals surface area contributed by atoms with Gasteiger partial charge in [0.1, 0.15) is 11.4 Å². The zero-order chi connectivity index (χ0) is 30.6. The molecule has 0 unspecified atom stereocenters. The molecule has 2 heterocycles. The number of rotatable bonds is 9. The van der Waals surface area contributed by atoms with Crippen LogP contribution in [0.15, 0.2) is 93.8 Å². The lowest BCUT2D eigenvalue weighted by molar-refractivity contribution is 0.102. The highest BCUT2D eigenvalue weighted by Gasteiger charge is 2.20. The van der Waals surface area contributed by atoms with Gasteiger partial charge < -0.3 is 20.8 Å². The molecule has 1 aromatic heterocycles. The maximum Gasteiger partial charge on any atom is 0.335 e. The highest BCUT2D eigenvalue weighted by molar-refractivity contribution is 7.88. The van der Waals surface area contributed by atoms with Crippen molar-refractivity contribution in [3.63, 3.8) is 0 Å². The SMILES string of the molecule is CCn1cc(C(=O)Nc2ccc(OC3=CC(NS(C)(=O)=O)=CN/C3=C\C=N)c(F)c2)c(=O)n(-c2ccc(F)cc2)c1=O. The number of sulfonamides is 1. The predicted octanol–water partition coefficient (Wildman–Crippen LogP) is 2.34. The number of nitrogens with zero attached hydrogens (tertiary/aromatic N) is 2. The van der Waals surface area contributed by atoms with Gasteiger partial charge in [0.2, 0.25) is 10.0 Å². The second-order valence-electron chi connectivity index (χ2n) is 8.80. The third-order valence-corrected chi connectivity index (χ3v) is 6.33. The molecule has 12 nitrogen and oxygen atoms in total. The van der Waals surface area contributed by atoms with E-state index in [0.717, 1.165) is 46.0 Å². The Morgan fingerprint density at radius 1 is 1.14 bits per heavy atom. The Kier molecular flexibility index (Phi) is 8.51. The molecular weight excluding hydrogens is 574 g/mol. The molecular formula is C27H24F2N6O6S. The Morgan fingerprint density at radius 3 is 2.48 bits per heavy atom. The number of carbonyl (C=O) groups excluding carboxylic acids is 1. The number of nitrogens with one attached hydrogen (secondary N) is 4. The van der Waals surface area contributed by atoms with Crippen LogP contribution in [-0.2, 0) is 16.6 Å². The van der Waals surface area contributed by atoms with E-state index in [1.807, 2.05) is 0 Å². The first kappa shape index (κ1) is 29.7. The van der Waals surface area contributed by atoms with E-state index in [0.29, 0.717) is 0 Å². The quantitative estimate of drug-likeness (QED) is 0.275. The van der Waals surface area contributed by atoms with E-state index < -0.39 is 44.4 Å². The van der Waals surface area contributed by atoms with Crippen LogP contribution in [0.4, 0.5) is 14.5 Å². The van der Waals surface area contributed by atoms with Crippen LogP contribution >= 0.6 is 0 Å². The number of ether oxygens (including phenoxy) is 1. The summed E-state index contributed by atoms with van der Waals surface area (Å²) in [5, 5.41) is 12.5. The van der Waals surface area contributed by atoms with E-state index in [-0.39, 0.29) is 40.8 Å². The fourth-order valence-electron chi connectivity index (χ4n) is 3.84. The summed E-state index contributed by atoms with van der Waals surface area (Å²) in [6.45, 7) is 1.75. The summed E-state index contributed by atoms with van der Waals surface area (Å²) < 4.78 is 61.4. The van der Waals surface area contributed by atoms with Crippen LogP contribution in [-0.4, -0.2) is 35.9 Å². The van der Waals surface area contributed by atoms with Crippen molar-refractivity contribution < 1.29 is 26.7 Å². The van der Waals surface area contributed by atoms with Gasteiger partial charge in [-0.3, -0.25) is 18.9 Å². The van der Waals surface area contributed by atoms with Crippen molar-refractivity contribution in [3.8, 4) is 11.4 Å². The topological polar surface area (TPSA) is 164 Å².